The molecule has 2 aromatic rings. The molecule has 2 heterocycles. The molecule has 0 N–H and O–H groups in total. The van der Waals surface area contributed by atoms with Crippen LogP contribution in [0.4, 0.5) is 4.39 Å². The largest absolute Gasteiger partial charge is 0.333 e. The SMILES string of the molecule is O=C(Cc1ccc(F)cc1)N1CCn2c(nnc2C2CC2)C1. The third-order valence-electron chi connectivity index (χ3n) is 4.35. The third kappa shape index (κ3) is 2.49. The standard InChI is InChI=1S/C16H17FN4O/c17-13-5-1-11(2-6-13)9-15(22)20-7-8-21-14(10-20)18-19-16(21)12-3-4-12/h1-2,5-6,12H,3-4,7-10H2. The number of benzene rings is 1. The van der Waals surface area contributed by atoms with E-state index < -0.39 is 0 Å². The molecule has 0 bridgehead atoms. The highest BCUT2D eigenvalue weighted by Crippen LogP contribution is 2.39. The second-order valence-electron chi connectivity index (χ2n) is 6.02. The number of aromatic nitrogens is 3. The molecule has 4 rings (SSSR count). The molecule has 2 aliphatic rings. The minimum absolute atomic E-state index is 0.0498. The van der Waals surface area contributed by atoms with E-state index in [4.69, 9.17) is 0 Å². The van der Waals surface area contributed by atoms with Crippen molar-refractivity contribution in [1.82, 2.24) is 19.7 Å². The molecular formula is C16H17FN4O. The van der Waals surface area contributed by atoms with Gasteiger partial charge in [-0.25, -0.2) is 4.39 Å². The highest BCUT2D eigenvalue weighted by molar-refractivity contribution is 5.78. The third-order valence-corrected chi connectivity index (χ3v) is 4.35. The maximum Gasteiger partial charge on any atom is 0.227 e. The number of halogens is 1. The van der Waals surface area contributed by atoms with Crippen LogP contribution >= 0.6 is 0 Å². The summed E-state index contributed by atoms with van der Waals surface area (Å²) in [4.78, 5) is 14.2. The molecule has 1 aromatic heterocycles. The van der Waals surface area contributed by atoms with E-state index >= 15 is 0 Å². The summed E-state index contributed by atoms with van der Waals surface area (Å²) in [6.07, 6.45) is 2.70. The Balaban J connectivity index is 1.45. The van der Waals surface area contributed by atoms with Gasteiger partial charge in [-0.15, -0.1) is 10.2 Å². The van der Waals surface area contributed by atoms with Crippen molar-refractivity contribution >= 4 is 5.91 Å². The van der Waals surface area contributed by atoms with Gasteiger partial charge in [-0.3, -0.25) is 4.79 Å². The van der Waals surface area contributed by atoms with Gasteiger partial charge in [0.15, 0.2) is 5.82 Å². The second kappa shape index (κ2) is 5.19. The highest BCUT2D eigenvalue weighted by atomic mass is 19.1. The fourth-order valence-corrected chi connectivity index (χ4v) is 2.93. The summed E-state index contributed by atoms with van der Waals surface area (Å²) in [5, 5.41) is 8.52. The number of nitrogens with zero attached hydrogens (tertiary/aromatic N) is 4. The highest BCUT2D eigenvalue weighted by Gasteiger charge is 2.32. The van der Waals surface area contributed by atoms with E-state index in [2.05, 4.69) is 14.8 Å². The van der Waals surface area contributed by atoms with Gasteiger partial charge in [0, 0.05) is 19.0 Å². The number of hydrogen-bond acceptors (Lipinski definition) is 3. The summed E-state index contributed by atoms with van der Waals surface area (Å²) in [5.41, 5.74) is 0.831. The lowest BCUT2D eigenvalue weighted by molar-refractivity contribution is -0.132. The average Bonchev–Trinajstić information content (AvgIpc) is 3.28. The summed E-state index contributed by atoms with van der Waals surface area (Å²) >= 11 is 0. The Morgan fingerprint density at radius 3 is 2.68 bits per heavy atom. The molecule has 6 heteroatoms. The fourth-order valence-electron chi connectivity index (χ4n) is 2.93. The zero-order chi connectivity index (χ0) is 15.1. The summed E-state index contributed by atoms with van der Waals surface area (Å²) in [5.74, 6) is 2.30. The second-order valence-corrected chi connectivity index (χ2v) is 6.02. The molecule has 1 aliphatic heterocycles. The number of hydrogen-bond donors (Lipinski definition) is 0. The lowest BCUT2D eigenvalue weighted by Gasteiger charge is -2.28. The van der Waals surface area contributed by atoms with Gasteiger partial charge in [0.05, 0.1) is 13.0 Å². The van der Waals surface area contributed by atoms with Crippen molar-refractivity contribution in [1.29, 1.82) is 0 Å². The van der Waals surface area contributed by atoms with Gasteiger partial charge in [-0.1, -0.05) is 12.1 Å². The Hall–Kier alpha value is -2.24. The minimum Gasteiger partial charge on any atom is -0.333 e. The molecule has 5 nitrogen and oxygen atoms in total. The van der Waals surface area contributed by atoms with E-state index in [1.807, 2.05) is 4.90 Å². The molecular weight excluding hydrogens is 283 g/mol. The number of fused-ring (bicyclic) bond motifs is 1. The van der Waals surface area contributed by atoms with Crippen LogP contribution in [0, 0.1) is 5.82 Å². The first-order valence-corrected chi connectivity index (χ1v) is 7.65. The molecule has 1 aliphatic carbocycles. The van der Waals surface area contributed by atoms with Crippen molar-refractivity contribution in [2.75, 3.05) is 6.54 Å². The van der Waals surface area contributed by atoms with E-state index in [1.165, 1.54) is 25.0 Å². The van der Waals surface area contributed by atoms with Gasteiger partial charge in [-0.2, -0.15) is 0 Å². The topological polar surface area (TPSA) is 51.0 Å². The molecule has 0 radical (unpaired) electrons. The first-order chi connectivity index (χ1) is 10.7. The van der Waals surface area contributed by atoms with Crippen LogP contribution in [-0.2, 0) is 24.3 Å². The molecule has 0 spiro atoms. The Bertz CT molecular complexity index is 705. The van der Waals surface area contributed by atoms with Crippen molar-refractivity contribution in [3.8, 4) is 0 Å². The van der Waals surface area contributed by atoms with Gasteiger partial charge < -0.3 is 9.47 Å². The van der Waals surface area contributed by atoms with Gasteiger partial charge in [0.2, 0.25) is 5.91 Å². The number of carbonyl (C=O) groups excluding carboxylic acids is 1. The van der Waals surface area contributed by atoms with Crippen molar-refractivity contribution in [2.24, 2.45) is 0 Å². The van der Waals surface area contributed by atoms with Crippen LogP contribution in [0.25, 0.3) is 0 Å². The average molecular weight is 300 g/mol. The lowest BCUT2D eigenvalue weighted by Crippen LogP contribution is -2.39. The normalized spacial score (nSPS) is 17.4. The van der Waals surface area contributed by atoms with Crippen molar-refractivity contribution in [2.45, 2.75) is 38.3 Å². The number of rotatable bonds is 3. The molecule has 1 fully saturated rings. The molecule has 114 valence electrons. The Kier molecular flexibility index (Phi) is 3.17. The van der Waals surface area contributed by atoms with Crippen molar-refractivity contribution in [3.63, 3.8) is 0 Å². The lowest BCUT2D eigenvalue weighted by atomic mass is 10.1. The first-order valence-electron chi connectivity index (χ1n) is 7.65. The minimum atomic E-state index is -0.283. The molecule has 22 heavy (non-hydrogen) atoms. The summed E-state index contributed by atoms with van der Waals surface area (Å²) in [6, 6.07) is 6.09. The predicted molar refractivity (Wildman–Crippen MR) is 77.5 cm³/mol. The van der Waals surface area contributed by atoms with Gasteiger partial charge in [0.25, 0.3) is 0 Å². The number of amides is 1. The first kappa shape index (κ1) is 13.4. The Labute approximate surface area is 127 Å². The summed E-state index contributed by atoms with van der Waals surface area (Å²) in [6.45, 7) is 1.97. The van der Waals surface area contributed by atoms with Crippen LogP contribution in [0.2, 0.25) is 0 Å². The smallest absolute Gasteiger partial charge is 0.227 e. The maximum atomic E-state index is 12.9. The van der Waals surface area contributed by atoms with Gasteiger partial charge in [0.1, 0.15) is 11.6 Å². The van der Waals surface area contributed by atoms with Crippen molar-refractivity contribution < 1.29 is 9.18 Å². The van der Waals surface area contributed by atoms with Gasteiger partial charge >= 0.3 is 0 Å². The predicted octanol–water partition coefficient (Wildman–Crippen LogP) is 1.88. The van der Waals surface area contributed by atoms with E-state index in [0.717, 1.165) is 23.8 Å². The Morgan fingerprint density at radius 2 is 1.95 bits per heavy atom. The molecule has 0 saturated heterocycles. The zero-order valence-electron chi connectivity index (χ0n) is 12.2. The van der Waals surface area contributed by atoms with Crippen LogP contribution < -0.4 is 0 Å². The van der Waals surface area contributed by atoms with Crippen LogP contribution in [-0.4, -0.2) is 32.1 Å². The summed E-state index contributed by atoms with van der Waals surface area (Å²) < 4.78 is 15.1. The maximum absolute atomic E-state index is 12.9. The van der Waals surface area contributed by atoms with Crippen LogP contribution in [0.15, 0.2) is 24.3 Å². The van der Waals surface area contributed by atoms with Gasteiger partial charge in [-0.05, 0) is 30.5 Å². The van der Waals surface area contributed by atoms with E-state index in [1.54, 1.807) is 12.1 Å². The van der Waals surface area contributed by atoms with Crippen LogP contribution in [0.1, 0.15) is 36.0 Å². The molecule has 1 aromatic carbocycles. The van der Waals surface area contributed by atoms with E-state index in [9.17, 15) is 9.18 Å². The monoisotopic (exact) mass is 300 g/mol. The Morgan fingerprint density at radius 1 is 1.18 bits per heavy atom. The van der Waals surface area contributed by atoms with Crippen LogP contribution in [0.5, 0.6) is 0 Å². The van der Waals surface area contributed by atoms with E-state index in [0.29, 0.717) is 25.4 Å². The molecule has 0 atom stereocenters. The quantitative estimate of drug-likeness (QED) is 0.869. The van der Waals surface area contributed by atoms with Crippen LogP contribution in [0.3, 0.4) is 0 Å². The molecule has 0 unspecified atom stereocenters. The van der Waals surface area contributed by atoms with Crippen molar-refractivity contribution in [3.05, 3.63) is 47.3 Å². The summed E-state index contributed by atoms with van der Waals surface area (Å²) in [7, 11) is 0. The fraction of sp³-hybridized carbons (Fsp3) is 0.438. The molecule has 1 saturated carbocycles. The molecule has 1 amide bonds. The number of carbonyl (C=O) groups is 1. The zero-order valence-corrected chi connectivity index (χ0v) is 12.2. The van der Waals surface area contributed by atoms with E-state index in [-0.39, 0.29) is 11.7 Å².